The summed E-state index contributed by atoms with van der Waals surface area (Å²) in [5.74, 6) is 2.32. The second kappa shape index (κ2) is 10.7. The van der Waals surface area contributed by atoms with Crippen molar-refractivity contribution in [3.05, 3.63) is 46.4 Å². The Morgan fingerprint density at radius 2 is 2.11 bits per heavy atom. The topological polar surface area (TPSA) is 40.5 Å². The van der Waals surface area contributed by atoms with Crippen LogP contribution in [0, 0.1) is 5.92 Å². The zero-order valence-corrected chi connectivity index (χ0v) is 19.2. The van der Waals surface area contributed by atoms with Crippen molar-refractivity contribution < 1.29 is 13.2 Å². The second-order valence-electron chi connectivity index (χ2n) is 6.25. The zero-order chi connectivity index (χ0) is 19.3. The molecule has 2 aromatic rings. The fourth-order valence-corrected chi connectivity index (χ4v) is 4.69. The molecule has 0 amide bonds. The predicted octanol–water partition coefficient (Wildman–Crippen LogP) is 4.97. The van der Waals surface area contributed by atoms with Gasteiger partial charge in [-0.15, -0.1) is 47.1 Å². The molecule has 1 unspecified atom stereocenters. The normalized spacial score (nSPS) is 17.5. The molecule has 154 valence electrons. The predicted molar refractivity (Wildman–Crippen MR) is 120 cm³/mol. The van der Waals surface area contributed by atoms with E-state index in [4.69, 9.17) is 0 Å². The summed E-state index contributed by atoms with van der Waals surface area (Å²) in [4.78, 5) is 11.3. The van der Waals surface area contributed by atoms with E-state index >= 15 is 0 Å². The van der Waals surface area contributed by atoms with E-state index in [-0.39, 0.29) is 30.5 Å². The summed E-state index contributed by atoms with van der Waals surface area (Å²) in [6.07, 6.45) is -3.31. The van der Waals surface area contributed by atoms with Gasteiger partial charge in [0.15, 0.2) is 11.7 Å². The molecule has 0 radical (unpaired) electrons. The Hall–Kier alpha value is -1.01. The van der Waals surface area contributed by atoms with Crippen molar-refractivity contribution in [2.24, 2.45) is 10.9 Å². The molecule has 1 atom stereocenters. The summed E-state index contributed by atoms with van der Waals surface area (Å²) in [5.41, 5.74) is -0.835. The maximum absolute atomic E-state index is 12.6. The summed E-state index contributed by atoms with van der Waals surface area (Å²) in [6, 6.07) is 10.3. The number of alkyl halides is 3. The fraction of sp³-hybridized carbons (Fsp3) is 0.444. The van der Waals surface area contributed by atoms with E-state index in [2.05, 4.69) is 32.3 Å². The largest absolute Gasteiger partial charge is 0.434 e. The number of nitrogens with zero attached hydrogens (tertiary/aromatic N) is 3. The zero-order valence-electron chi connectivity index (χ0n) is 15.3. The highest BCUT2D eigenvalue weighted by atomic mass is 127. The standard InChI is InChI=1S/C18H21F3N4S2.HI/c1-22-17(23-9-16-24-15(12-27-16)18(19,20)21)25-8-7-13(10-25)11-26-14-5-3-2-4-6-14;/h2-6,12-13H,7-11H2,1H3,(H,22,23);1H. The lowest BCUT2D eigenvalue weighted by molar-refractivity contribution is -0.140. The second-order valence-corrected chi connectivity index (χ2v) is 8.29. The van der Waals surface area contributed by atoms with Crippen LogP contribution < -0.4 is 5.32 Å². The third-order valence-electron chi connectivity index (χ3n) is 4.27. The van der Waals surface area contributed by atoms with Crippen molar-refractivity contribution in [3.63, 3.8) is 0 Å². The molecule has 1 fully saturated rings. The van der Waals surface area contributed by atoms with Gasteiger partial charge in [0, 0.05) is 36.2 Å². The number of thioether (sulfide) groups is 1. The van der Waals surface area contributed by atoms with Crippen LogP contribution in [-0.4, -0.2) is 41.7 Å². The van der Waals surface area contributed by atoms with E-state index in [0.29, 0.717) is 16.9 Å². The molecule has 1 saturated heterocycles. The Labute approximate surface area is 188 Å². The van der Waals surface area contributed by atoms with Gasteiger partial charge in [-0.25, -0.2) is 4.98 Å². The number of aromatic nitrogens is 1. The minimum Gasteiger partial charge on any atom is -0.350 e. The molecule has 10 heteroatoms. The number of thiazole rings is 1. The van der Waals surface area contributed by atoms with Crippen molar-refractivity contribution in [2.45, 2.75) is 24.0 Å². The van der Waals surface area contributed by atoms with Crippen molar-refractivity contribution in [1.82, 2.24) is 15.2 Å². The van der Waals surface area contributed by atoms with Crippen LogP contribution in [-0.2, 0) is 12.7 Å². The van der Waals surface area contributed by atoms with Gasteiger partial charge in [-0.05, 0) is 24.5 Å². The Morgan fingerprint density at radius 3 is 2.75 bits per heavy atom. The maximum atomic E-state index is 12.6. The van der Waals surface area contributed by atoms with Gasteiger partial charge in [0.2, 0.25) is 0 Å². The molecule has 1 aromatic heterocycles. The molecular weight excluding hydrogens is 520 g/mol. The van der Waals surface area contributed by atoms with E-state index in [1.807, 2.05) is 30.0 Å². The first-order valence-corrected chi connectivity index (χ1v) is 10.5. The number of benzene rings is 1. The highest BCUT2D eigenvalue weighted by Crippen LogP contribution is 2.30. The van der Waals surface area contributed by atoms with Crippen LogP contribution in [0.25, 0.3) is 0 Å². The highest BCUT2D eigenvalue weighted by Gasteiger charge is 2.33. The molecule has 1 aliphatic rings. The minimum absolute atomic E-state index is 0. The lowest BCUT2D eigenvalue weighted by atomic mass is 10.2. The Morgan fingerprint density at radius 1 is 1.36 bits per heavy atom. The number of guanidine groups is 1. The van der Waals surface area contributed by atoms with Crippen LogP contribution in [0.1, 0.15) is 17.1 Å². The number of hydrogen-bond donors (Lipinski definition) is 1. The Balaban J connectivity index is 0.00000280. The number of nitrogens with one attached hydrogen (secondary N) is 1. The van der Waals surface area contributed by atoms with E-state index in [0.717, 1.165) is 42.0 Å². The van der Waals surface area contributed by atoms with Gasteiger partial charge >= 0.3 is 6.18 Å². The molecule has 28 heavy (non-hydrogen) atoms. The number of aliphatic imine (C=N–C) groups is 1. The number of hydrogen-bond acceptors (Lipinski definition) is 4. The molecule has 4 nitrogen and oxygen atoms in total. The van der Waals surface area contributed by atoms with E-state index in [1.165, 1.54) is 4.90 Å². The fourth-order valence-electron chi connectivity index (χ4n) is 2.90. The van der Waals surface area contributed by atoms with Gasteiger partial charge in [0.05, 0.1) is 6.54 Å². The quantitative estimate of drug-likeness (QED) is 0.251. The molecule has 0 bridgehead atoms. The van der Waals surface area contributed by atoms with Crippen LogP contribution >= 0.6 is 47.1 Å². The van der Waals surface area contributed by atoms with Gasteiger partial charge in [0.25, 0.3) is 0 Å². The first-order chi connectivity index (χ1) is 13.0. The van der Waals surface area contributed by atoms with Crippen molar-refractivity contribution in [1.29, 1.82) is 0 Å². The van der Waals surface area contributed by atoms with Gasteiger partial charge in [-0.2, -0.15) is 13.2 Å². The molecule has 1 aliphatic heterocycles. The van der Waals surface area contributed by atoms with Crippen molar-refractivity contribution in [3.8, 4) is 0 Å². The molecule has 1 aromatic carbocycles. The minimum atomic E-state index is -4.39. The van der Waals surface area contributed by atoms with Gasteiger partial charge < -0.3 is 10.2 Å². The summed E-state index contributed by atoms with van der Waals surface area (Å²) < 4.78 is 37.9. The van der Waals surface area contributed by atoms with Gasteiger partial charge in [-0.3, -0.25) is 4.99 Å². The SMILES string of the molecule is CN=C(NCc1nc(C(F)(F)F)cs1)N1CCC(CSc2ccccc2)C1.I. The molecule has 2 heterocycles. The first kappa shape index (κ1) is 23.3. The van der Waals surface area contributed by atoms with Crippen molar-refractivity contribution >= 4 is 53.0 Å². The Kier molecular flexibility index (Phi) is 8.87. The number of halogens is 4. The van der Waals surface area contributed by atoms with Crippen LogP contribution in [0.3, 0.4) is 0 Å². The lowest BCUT2D eigenvalue weighted by Gasteiger charge is -2.21. The first-order valence-electron chi connectivity index (χ1n) is 8.60. The van der Waals surface area contributed by atoms with E-state index in [1.54, 1.807) is 7.05 Å². The lowest BCUT2D eigenvalue weighted by Crippen LogP contribution is -2.39. The molecular formula is C18H22F3IN4S2. The smallest absolute Gasteiger partial charge is 0.350 e. The van der Waals surface area contributed by atoms with Crippen LogP contribution in [0.15, 0.2) is 45.6 Å². The summed E-state index contributed by atoms with van der Waals surface area (Å²) in [7, 11) is 1.69. The third-order valence-corrected chi connectivity index (χ3v) is 6.36. The maximum Gasteiger partial charge on any atom is 0.434 e. The molecule has 0 spiro atoms. The van der Waals surface area contributed by atoms with Crippen molar-refractivity contribution in [2.75, 3.05) is 25.9 Å². The average Bonchev–Trinajstić information content (AvgIpc) is 3.31. The van der Waals surface area contributed by atoms with E-state index in [9.17, 15) is 13.2 Å². The Bertz CT molecular complexity index is 768. The van der Waals surface area contributed by atoms with Crippen LogP contribution in [0.5, 0.6) is 0 Å². The van der Waals surface area contributed by atoms with Gasteiger partial charge in [-0.1, -0.05) is 18.2 Å². The molecule has 1 N–H and O–H groups in total. The monoisotopic (exact) mass is 542 g/mol. The number of rotatable bonds is 5. The van der Waals surface area contributed by atoms with Gasteiger partial charge in [0.1, 0.15) is 5.01 Å². The summed E-state index contributed by atoms with van der Waals surface area (Å²) in [5, 5.41) is 4.59. The summed E-state index contributed by atoms with van der Waals surface area (Å²) >= 11 is 2.86. The molecule has 0 aliphatic carbocycles. The number of likely N-dealkylation sites (tertiary alicyclic amines) is 1. The molecule has 0 saturated carbocycles. The van der Waals surface area contributed by atoms with E-state index < -0.39 is 11.9 Å². The summed E-state index contributed by atoms with van der Waals surface area (Å²) in [6.45, 7) is 2.03. The van der Waals surface area contributed by atoms with Crippen LogP contribution in [0.4, 0.5) is 13.2 Å². The van der Waals surface area contributed by atoms with Crippen LogP contribution in [0.2, 0.25) is 0 Å². The highest BCUT2D eigenvalue weighted by molar-refractivity contribution is 14.0. The third kappa shape index (κ3) is 6.51. The average molecular weight is 542 g/mol. The molecule has 3 rings (SSSR count).